The highest BCUT2D eigenvalue weighted by Crippen LogP contribution is 2.02. The standard InChI is InChI=1S/C10H14N2O4/c1-10(5-13,6-14)12-9(16)7-4-11-3-2-8(7)15/h2-4,13-14H,5-6H2,1H3,(H,11,15)(H,12,16). The molecular formula is C10H14N2O4. The second kappa shape index (κ2) is 4.91. The van der Waals surface area contributed by atoms with Crippen LogP contribution in [-0.4, -0.2) is 39.9 Å². The first-order valence-electron chi connectivity index (χ1n) is 4.74. The van der Waals surface area contributed by atoms with E-state index in [1.807, 2.05) is 0 Å². The maximum absolute atomic E-state index is 11.6. The van der Waals surface area contributed by atoms with E-state index in [1.165, 1.54) is 25.4 Å². The molecule has 6 heteroatoms. The van der Waals surface area contributed by atoms with Gasteiger partial charge in [0.25, 0.3) is 5.91 Å². The van der Waals surface area contributed by atoms with Crippen molar-refractivity contribution in [1.29, 1.82) is 0 Å². The lowest BCUT2D eigenvalue weighted by atomic mass is 10.0. The molecule has 1 heterocycles. The summed E-state index contributed by atoms with van der Waals surface area (Å²) in [4.78, 5) is 25.6. The van der Waals surface area contributed by atoms with Crippen LogP contribution in [0.1, 0.15) is 17.3 Å². The van der Waals surface area contributed by atoms with Crippen LogP contribution in [0.4, 0.5) is 0 Å². The third-order valence-electron chi connectivity index (χ3n) is 2.18. The van der Waals surface area contributed by atoms with E-state index in [1.54, 1.807) is 0 Å². The normalized spacial score (nSPS) is 11.2. The van der Waals surface area contributed by atoms with E-state index in [0.717, 1.165) is 0 Å². The van der Waals surface area contributed by atoms with Gasteiger partial charge in [0.1, 0.15) is 5.56 Å². The van der Waals surface area contributed by atoms with Crippen molar-refractivity contribution in [2.24, 2.45) is 0 Å². The third kappa shape index (κ3) is 2.68. The lowest BCUT2D eigenvalue weighted by Crippen LogP contribution is -2.52. The summed E-state index contributed by atoms with van der Waals surface area (Å²) < 4.78 is 0. The SMILES string of the molecule is CC(CO)(CO)NC(=O)c1c[nH]ccc1=O. The fourth-order valence-corrected chi connectivity index (χ4v) is 1.06. The number of H-pyrrole nitrogens is 1. The van der Waals surface area contributed by atoms with E-state index in [-0.39, 0.29) is 5.56 Å². The lowest BCUT2D eigenvalue weighted by Gasteiger charge is -2.25. The first kappa shape index (κ1) is 12.4. The van der Waals surface area contributed by atoms with Gasteiger partial charge in [-0.25, -0.2) is 0 Å². The second-order valence-electron chi connectivity index (χ2n) is 3.75. The quantitative estimate of drug-likeness (QED) is 0.520. The van der Waals surface area contributed by atoms with Gasteiger partial charge >= 0.3 is 0 Å². The second-order valence-corrected chi connectivity index (χ2v) is 3.75. The molecule has 0 aliphatic rings. The molecule has 0 aliphatic carbocycles. The average Bonchev–Trinajstić information content (AvgIpc) is 2.29. The molecule has 0 bridgehead atoms. The number of rotatable bonds is 4. The number of carbonyl (C=O) groups is 1. The number of aromatic nitrogens is 1. The fourth-order valence-electron chi connectivity index (χ4n) is 1.06. The predicted molar refractivity (Wildman–Crippen MR) is 57.1 cm³/mol. The average molecular weight is 226 g/mol. The summed E-state index contributed by atoms with van der Waals surface area (Å²) in [6.45, 7) is 0.641. The molecule has 0 aliphatic heterocycles. The number of carbonyl (C=O) groups excluding carboxylic acids is 1. The van der Waals surface area contributed by atoms with Crippen molar-refractivity contribution in [2.45, 2.75) is 12.5 Å². The van der Waals surface area contributed by atoms with Gasteiger partial charge in [0.05, 0.1) is 18.8 Å². The van der Waals surface area contributed by atoms with Crippen LogP contribution in [0.25, 0.3) is 0 Å². The smallest absolute Gasteiger partial charge is 0.257 e. The van der Waals surface area contributed by atoms with Gasteiger partial charge in [-0.2, -0.15) is 0 Å². The Hall–Kier alpha value is -1.66. The van der Waals surface area contributed by atoms with Crippen LogP contribution in [0.2, 0.25) is 0 Å². The zero-order chi connectivity index (χ0) is 12.2. The molecule has 0 atom stereocenters. The summed E-state index contributed by atoms with van der Waals surface area (Å²) in [5.74, 6) is -0.632. The van der Waals surface area contributed by atoms with Gasteiger partial charge < -0.3 is 20.5 Å². The topological polar surface area (TPSA) is 102 Å². The summed E-state index contributed by atoms with van der Waals surface area (Å²) >= 11 is 0. The first-order valence-corrected chi connectivity index (χ1v) is 4.74. The molecule has 0 fully saturated rings. The highest BCUT2D eigenvalue weighted by atomic mass is 16.3. The van der Waals surface area contributed by atoms with Crippen LogP contribution in [0, 0.1) is 0 Å². The molecule has 0 aromatic carbocycles. The van der Waals surface area contributed by atoms with Crippen LogP contribution in [0.15, 0.2) is 23.3 Å². The highest BCUT2D eigenvalue weighted by molar-refractivity contribution is 5.94. The molecule has 0 unspecified atom stereocenters. The van der Waals surface area contributed by atoms with Crippen molar-refractivity contribution in [3.63, 3.8) is 0 Å². The third-order valence-corrected chi connectivity index (χ3v) is 2.18. The number of aromatic amines is 1. The molecular weight excluding hydrogens is 212 g/mol. The van der Waals surface area contributed by atoms with E-state index in [4.69, 9.17) is 10.2 Å². The Morgan fingerprint density at radius 3 is 2.62 bits per heavy atom. The Morgan fingerprint density at radius 2 is 2.12 bits per heavy atom. The molecule has 0 saturated carbocycles. The number of pyridine rings is 1. The molecule has 0 saturated heterocycles. The first-order chi connectivity index (χ1) is 7.52. The Balaban J connectivity index is 2.89. The molecule has 6 nitrogen and oxygen atoms in total. The number of aliphatic hydroxyl groups excluding tert-OH is 2. The van der Waals surface area contributed by atoms with E-state index >= 15 is 0 Å². The monoisotopic (exact) mass is 226 g/mol. The number of amides is 1. The summed E-state index contributed by atoms with van der Waals surface area (Å²) in [5.41, 5.74) is -1.62. The Kier molecular flexibility index (Phi) is 3.81. The number of aliphatic hydroxyl groups is 2. The minimum absolute atomic E-state index is 0.0596. The van der Waals surface area contributed by atoms with Gasteiger partial charge in [0.15, 0.2) is 5.43 Å². The molecule has 16 heavy (non-hydrogen) atoms. The zero-order valence-electron chi connectivity index (χ0n) is 8.86. The molecule has 0 spiro atoms. The maximum atomic E-state index is 11.6. The van der Waals surface area contributed by atoms with Crippen molar-refractivity contribution in [2.75, 3.05) is 13.2 Å². The minimum Gasteiger partial charge on any atom is -0.394 e. The largest absolute Gasteiger partial charge is 0.394 e. The Morgan fingerprint density at radius 1 is 1.50 bits per heavy atom. The summed E-state index contributed by atoms with van der Waals surface area (Å²) in [7, 11) is 0. The van der Waals surface area contributed by atoms with Crippen molar-refractivity contribution in [3.05, 3.63) is 34.2 Å². The highest BCUT2D eigenvalue weighted by Gasteiger charge is 2.25. The number of hydrogen-bond acceptors (Lipinski definition) is 4. The van der Waals surface area contributed by atoms with E-state index in [2.05, 4.69) is 10.3 Å². The fraction of sp³-hybridized carbons (Fsp3) is 0.400. The van der Waals surface area contributed by atoms with Crippen LogP contribution < -0.4 is 10.7 Å². The molecule has 1 aromatic rings. The maximum Gasteiger partial charge on any atom is 0.257 e. The zero-order valence-corrected chi connectivity index (χ0v) is 8.86. The van der Waals surface area contributed by atoms with Gasteiger partial charge in [0, 0.05) is 18.5 Å². The van der Waals surface area contributed by atoms with Crippen molar-refractivity contribution in [3.8, 4) is 0 Å². The number of nitrogens with one attached hydrogen (secondary N) is 2. The lowest BCUT2D eigenvalue weighted by molar-refractivity contribution is 0.0722. The van der Waals surface area contributed by atoms with E-state index < -0.39 is 30.1 Å². The van der Waals surface area contributed by atoms with Gasteiger partial charge in [0.2, 0.25) is 0 Å². The van der Waals surface area contributed by atoms with Crippen LogP contribution in [0.5, 0.6) is 0 Å². The van der Waals surface area contributed by atoms with Crippen molar-refractivity contribution >= 4 is 5.91 Å². The summed E-state index contributed by atoms with van der Waals surface area (Å²) in [5, 5.41) is 20.4. The molecule has 88 valence electrons. The molecule has 1 amide bonds. The number of hydrogen-bond donors (Lipinski definition) is 4. The predicted octanol–water partition coefficient (Wildman–Crippen LogP) is -1.15. The summed E-state index contributed by atoms with van der Waals surface area (Å²) in [6, 6.07) is 1.23. The van der Waals surface area contributed by atoms with Crippen LogP contribution >= 0.6 is 0 Å². The van der Waals surface area contributed by atoms with Gasteiger partial charge in [-0.05, 0) is 6.92 Å². The van der Waals surface area contributed by atoms with Gasteiger partial charge in [-0.3, -0.25) is 9.59 Å². The van der Waals surface area contributed by atoms with Crippen molar-refractivity contribution < 1.29 is 15.0 Å². The summed E-state index contributed by atoms with van der Waals surface area (Å²) in [6.07, 6.45) is 2.68. The molecule has 0 radical (unpaired) electrons. The Labute approximate surface area is 91.9 Å². The van der Waals surface area contributed by atoms with E-state index in [0.29, 0.717) is 0 Å². The Bertz CT molecular complexity index is 423. The molecule has 1 aromatic heterocycles. The minimum atomic E-state index is -1.14. The van der Waals surface area contributed by atoms with Gasteiger partial charge in [-0.15, -0.1) is 0 Å². The van der Waals surface area contributed by atoms with Crippen LogP contribution in [0.3, 0.4) is 0 Å². The van der Waals surface area contributed by atoms with E-state index in [9.17, 15) is 9.59 Å². The van der Waals surface area contributed by atoms with Crippen molar-refractivity contribution in [1.82, 2.24) is 10.3 Å². The molecule has 1 rings (SSSR count). The van der Waals surface area contributed by atoms with Gasteiger partial charge in [-0.1, -0.05) is 0 Å². The molecule has 4 N–H and O–H groups in total. The van der Waals surface area contributed by atoms with Crippen LogP contribution in [-0.2, 0) is 0 Å².